The van der Waals surface area contributed by atoms with Gasteiger partial charge in [0.1, 0.15) is 0 Å². The molecule has 0 aromatic carbocycles. The standard InChI is InChI=1S/C11H20N2.ClH/c1-4-7-13-8-5-11(6-9-13)10-12(2)3;/h1,11H,5-10H2,2-3H3;1H. The highest BCUT2D eigenvalue weighted by atomic mass is 35.5. The first-order valence-corrected chi connectivity index (χ1v) is 5.03. The van der Waals surface area contributed by atoms with Crippen LogP contribution < -0.4 is 0 Å². The fourth-order valence-electron chi connectivity index (χ4n) is 1.97. The van der Waals surface area contributed by atoms with E-state index in [0.717, 1.165) is 12.5 Å². The van der Waals surface area contributed by atoms with Crippen LogP contribution in [0.5, 0.6) is 0 Å². The molecule has 3 heteroatoms. The Labute approximate surface area is 94.1 Å². The summed E-state index contributed by atoms with van der Waals surface area (Å²) in [5.41, 5.74) is 0. The molecule has 0 aromatic rings. The molecular weight excluding hydrogens is 196 g/mol. The predicted molar refractivity (Wildman–Crippen MR) is 63.8 cm³/mol. The fourth-order valence-corrected chi connectivity index (χ4v) is 1.97. The van der Waals surface area contributed by atoms with E-state index >= 15 is 0 Å². The molecule has 1 aliphatic rings. The minimum absolute atomic E-state index is 0. The molecule has 0 N–H and O–H groups in total. The Morgan fingerprint density at radius 3 is 2.36 bits per heavy atom. The molecule has 14 heavy (non-hydrogen) atoms. The van der Waals surface area contributed by atoms with Gasteiger partial charge in [-0.15, -0.1) is 18.8 Å². The summed E-state index contributed by atoms with van der Waals surface area (Å²) in [6.07, 6.45) is 7.89. The van der Waals surface area contributed by atoms with Gasteiger partial charge in [0.25, 0.3) is 0 Å². The third-order valence-electron chi connectivity index (χ3n) is 2.65. The summed E-state index contributed by atoms with van der Waals surface area (Å²) in [5.74, 6) is 3.59. The van der Waals surface area contributed by atoms with Crippen molar-refractivity contribution < 1.29 is 0 Å². The average molecular weight is 217 g/mol. The van der Waals surface area contributed by atoms with Gasteiger partial charge in [-0.3, -0.25) is 4.90 Å². The van der Waals surface area contributed by atoms with Crippen molar-refractivity contribution in [3.05, 3.63) is 0 Å². The first-order valence-electron chi connectivity index (χ1n) is 5.03. The lowest BCUT2D eigenvalue weighted by molar-refractivity contribution is 0.177. The maximum Gasteiger partial charge on any atom is 0.0598 e. The van der Waals surface area contributed by atoms with Crippen LogP contribution in [0.1, 0.15) is 12.8 Å². The molecule has 0 amide bonds. The van der Waals surface area contributed by atoms with Crippen molar-refractivity contribution in [3.63, 3.8) is 0 Å². The maximum atomic E-state index is 5.27. The van der Waals surface area contributed by atoms with E-state index in [1.165, 1.54) is 32.5 Å². The van der Waals surface area contributed by atoms with Crippen LogP contribution in [0.15, 0.2) is 0 Å². The van der Waals surface area contributed by atoms with E-state index in [9.17, 15) is 0 Å². The van der Waals surface area contributed by atoms with E-state index in [-0.39, 0.29) is 12.4 Å². The zero-order valence-corrected chi connectivity index (χ0v) is 10.0. The van der Waals surface area contributed by atoms with Crippen molar-refractivity contribution >= 4 is 12.4 Å². The van der Waals surface area contributed by atoms with E-state index in [2.05, 4.69) is 29.8 Å². The van der Waals surface area contributed by atoms with Gasteiger partial charge in [-0.25, -0.2) is 0 Å². The van der Waals surface area contributed by atoms with Gasteiger partial charge >= 0.3 is 0 Å². The van der Waals surface area contributed by atoms with Crippen LogP contribution in [0.2, 0.25) is 0 Å². The summed E-state index contributed by atoms with van der Waals surface area (Å²) in [5, 5.41) is 0. The molecule has 1 heterocycles. The average Bonchev–Trinajstić information content (AvgIpc) is 2.08. The molecule has 0 aromatic heterocycles. The molecule has 0 spiro atoms. The lowest BCUT2D eigenvalue weighted by atomic mass is 9.96. The molecule has 1 aliphatic heterocycles. The van der Waals surface area contributed by atoms with Crippen molar-refractivity contribution in [2.75, 3.05) is 40.3 Å². The summed E-state index contributed by atoms with van der Waals surface area (Å²) in [6.45, 7) is 4.42. The number of halogens is 1. The zero-order chi connectivity index (χ0) is 9.68. The summed E-state index contributed by atoms with van der Waals surface area (Å²) < 4.78 is 0. The van der Waals surface area contributed by atoms with Gasteiger partial charge in [0.05, 0.1) is 6.54 Å². The van der Waals surface area contributed by atoms with Gasteiger partial charge < -0.3 is 4.90 Å². The largest absolute Gasteiger partial charge is 0.309 e. The van der Waals surface area contributed by atoms with Crippen LogP contribution in [0.25, 0.3) is 0 Å². The summed E-state index contributed by atoms with van der Waals surface area (Å²) >= 11 is 0. The van der Waals surface area contributed by atoms with Crippen molar-refractivity contribution in [1.29, 1.82) is 0 Å². The Bertz CT molecular complexity index is 178. The Morgan fingerprint density at radius 2 is 1.93 bits per heavy atom. The summed E-state index contributed by atoms with van der Waals surface area (Å²) in [4.78, 5) is 4.65. The van der Waals surface area contributed by atoms with Gasteiger partial charge in [0.15, 0.2) is 0 Å². The Balaban J connectivity index is 0.00000169. The number of likely N-dealkylation sites (tertiary alicyclic amines) is 1. The van der Waals surface area contributed by atoms with Gasteiger partial charge in [0.2, 0.25) is 0 Å². The van der Waals surface area contributed by atoms with Crippen LogP contribution >= 0.6 is 12.4 Å². The van der Waals surface area contributed by atoms with Crippen LogP contribution in [0.3, 0.4) is 0 Å². The molecule has 0 bridgehead atoms. The molecule has 0 unspecified atom stereocenters. The monoisotopic (exact) mass is 216 g/mol. The van der Waals surface area contributed by atoms with Gasteiger partial charge in [-0.2, -0.15) is 0 Å². The quantitative estimate of drug-likeness (QED) is 0.657. The number of hydrogen-bond donors (Lipinski definition) is 0. The maximum absolute atomic E-state index is 5.27. The topological polar surface area (TPSA) is 6.48 Å². The second-order valence-corrected chi connectivity index (χ2v) is 4.19. The number of rotatable bonds is 3. The highest BCUT2D eigenvalue weighted by Crippen LogP contribution is 2.16. The van der Waals surface area contributed by atoms with Crippen LogP contribution in [-0.4, -0.2) is 50.1 Å². The molecule has 2 nitrogen and oxygen atoms in total. The normalized spacial score (nSPS) is 19.0. The lowest BCUT2D eigenvalue weighted by Gasteiger charge is -2.31. The highest BCUT2D eigenvalue weighted by Gasteiger charge is 2.18. The smallest absolute Gasteiger partial charge is 0.0598 e. The summed E-state index contributed by atoms with van der Waals surface area (Å²) in [6, 6.07) is 0. The Morgan fingerprint density at radius 1 is 1.36 bits per heavy atom. The Hall–Kier alpha value is -0.230. The SMILES string of the molecule is C#CCN1CCC(CN(C)C)CC1.Cl. The van der Waals surface area contributed by atoms with E-state index in [1.807, 2.05) is 0 Å². The van der Waals surface area contributed by atoms with Crippen molar-refractivity contribution in [1.82, 2.24) is 9.80 Å². The lowest BCUT2D eigenvalue weighted by Crippen LogP contribution is -2.37. The zero-order valence-electron chi connectivity index (χ0n) is 9.20. The second-order valence-electron chi connectivity index (χ2n) is 4.19. The van der Waals surface area contributed by atoms with Crippen molar-refractivity contribution in [2.24, 2.45) is 5.92 Å². The van der Waals surface area contributed by atoms with Crippen LogP contribution in [0, 0.1) is 18.3 Å². The van der Waals surface area contributed by atoms with Gasteiger partial charge in [-0.1, -0.05) is 5.92 Å². The van der Waals surface area contributed by atoms with Gasteiger partial charge in [-0.05, 0) is 45.9 Å². The molecule has 0 saturated carbocycles. The number of nitrogens with zero attached hydrogens (tertiary/aromatic N) is 2. The minimum atomic E-state index is 0. The van der Waals surface area contributed by atoms with Crippen LogP contribution in [0.4, 0.5) is 0 Å². The van der Waals surface area contributed by atoms with E-state index in [0.29, 0.717) is 0 Å². The van der Waals surface area contributed by atoms with Gasteiger partial charge in [0, 0.05) is 6.54 Å². The molecule has 1 fully saturated rings. The predicted octanol–water partition coefficient (Wildman–Crippen LogP) is 1.31. The molecule has 0 aliphatic carbocycles. The first kappa shape index (κ1) is 13.8. The van der Waals surface area contributed by atoms with Crippen LogP contribution in [-0.2, 0) is 0 Å². The molecule has 82 valence electrons. The number of piperidine rings is 1. The molecule has 1 rings (SSSR count). The minimum Gasteiger partial charge on any atom is -0.309 e. The number of terminal acetylenes is 1. The third kappa shape index (κ3) is 4.85. The molecule has 0 atom stereocenters. The molecule has 0 radical (unpaired) electrons. The molecule has 1 saturated heterocycles. The number of hydrogen-bond acceptors (Lipinski definition) is 2. The van der Waals surface area contributed by atoms with Crippen molar-refractivity contribution in [2.45, 2.75) is 12.8 Å². The summed E-state index contributed by atoms with van der Waals surface area (Å²) in [7, 11) is 4.29. The second kappa shape index (κ2) is 7.11. The van der Waals surface area contributed by atoms with Crippen molar-refractivity contribution in [3.8, 4) is 12.3 Å². The fraction of sp³-hybridized carbons (Fsp3) is 0.818. The first-order chi connectivity index (χ1) is 6.22. The molecular formula is C11H21ClN2. The highest BCUT2D eigenvalue weighted by molar-refractivity contribution is 5.85. The third-order valence-corrected chi connectivity index (χ3v) is 2.65. The van der Waals surface area contributed by atoms with E-state index in [4.69, 9.17) is 6.42 Å². The van der Waals surface area contributed by atoms with E-state index in [1.54, 1.807) is 0 Å². The Kier molecular flexibility index (Phi) is 7.00. The van der Waals surface area contributed by atoms with E-state index < -0.39 is 0 Å².